The van der Waals surface area contributed by atoms with Crippen molar-refractivity contribution >= 4 is 23.4 Å². The number of amides is 3. The third kappa shape index (κ3) is 5.28. The lowest BCUT2D eigenvalue weighted by Gasteiger charge is -2.35. The summed E-state index contributed by atoms with van der Waals surface area (Å²) in [6.07, 6.45) is -8.67. The zero-order chi connectivity index (χ0) is 25.5. The van der Waals surface area contributed by atoms with E-state index in [4.69, 9.17) is 0 Å². The first-order chi connectivity index (χ1) is 16.3. The highest BCUT2D eigenvalue weighted by atomic mass is 19.4. The molecule has 0 unspecified atom stereocenters. The smallest absolute Gasteiger partial charge is 0.341 e. The van der Waals surface area contributed by atoms with Crippen molar-refractivity contribution in [3.8, 4) is 0 Å². The van der Waals surface area contributed by atoms with Crippen LogP contribution in [0.1, 0.15) is 36.1 Å². The summed E-state index contributed by atoms with van der Waals surface area (Å²) in [7, 11) is 0. The van der Waals surface area contributed by atoms with Crippen molar-refractivity contribution in [2.45, 2.75) is 50.6 Å². The predicted octanol–water partition coefficient (Wildman–Crippen LogP) is 4.64. The number of pyridine rings is 1. The summed E-state index contributed by atoms with van der Waals surface area (Å²) in [5, 5.41) is 2.51. The van der Waals surface area contributed by atoms with Gasteiger partial charge in [0, 0.05) is 11.7 Å². The fourth-order valence-electron chi connectivity index (χ4n) is 4.69. The number of carbonyl (C=O) groups excluding carboxylic acids is 2. The zero-order valence-electron chi connectivity index (χ0n) is 18.3. The number of anilines is 2. The Bertz CT molecular complexity index is 1100. The molecule has 2 heterocycles. The van der Waals surface area contributed by atoms with Gasteiger partial charge in [0.2, 0.25) is 0 Å². The maximum absolute atomic E-state index is 13.3. The second-order valence-electron chi connectivity index (χ2n) is 8.61. The average Bonchev–Trinajstić information content (AvgIpc) is 3.38. The first-order valence-corrected chi connectivity index (χ1v) is 10.7. The van der Waals surface area contributed by atoms with Crippen LogP contribution in [0.3, 0.4) is 0 Å². The van der Waals surface area contributed by atoms with E-state index in [2.05, 4.69) is 21.2 Å². The molecule has 1 saturated carbocycles. The Morgan fingerprint density at radius 2 is 1.74 bits per heavy atom. The van der Waals surface area contributed by atoms with Crippen molar-refractivity contribution in [3.05, 3.63) is 53.2 Å². The summed E-state index contributed by atoms with van der Waals surface area (Å²) >= 11 is 0. The number of nitrogens with zero attached hydrogens (tertiary/aromatic N) is 2. The standard InChI is InChI=1S/C22H21F6N5O2/c1-11-3-2-4-14(7-11)29-20(35)32-31-19(34)18-12-5-6-15(8-12)33(18)17-10-13(21(23,24)25)9-16(30-17)22(26,27)28/h2-4,7,9-10,12,15,18H,5-6,8H2,1H3,(H,31,34)(H2,29,32,35)/t12-,15+,18-/m0/s1. The van der Waals surface area contributed by atoms with Gasteiger partial charge in [-0.25, -0.2) is 15.2 Å². The molecule has 3 N–H and O–H groups in total. The summed E-state index contributed by atoms with van der Waals surface area (Å²) in [6, 6.07) is 5.02. The van der Waals surface area contributed by atoms with E-state index in [-0.39, 0.29) is 12.0 Å². The number of hydrazine groups is 1. The van der Waals surface area contributed by atoms with Crippen molar-refractivity contribution in [2.24, 2.45) is 5.92 Å². The molecule has 0 radical (unpaired) electrons. The van der Waals surface area contributed by atoms with E-state index < -0.39 is 53.4 Å². The molecule has 35 heavy (non-hydrogen) atoms. The molecule has 2 aliphatic rings. The quantitative estimate of drug-likeness (QED) is 0.423. The maximum atomic E-state index is 13.3. The number of carbonyl (C=O) groups is 2. The summed E-state index contributed by atoms with van der Waals surface area (Å²) in [5.74, 6) is -1.65. The molecule has 13 heteroatoms. The Morgan fingerprint density at radius 1 is 1.00 bits per heavy atom. The third-order valence-electron chi connectivity index (χ3n) is 6.12. The zero-order valence-corrected chi connectivity index (χ0v) is 18.3. The van der Waals surface area contributed by atoms with E-state index in [9.17, 15) is 35.9 Å². The van der Waals surface area contributed by atoms with Gasteiger partial charge in [0.1, 0.15) is 17.6 Å². The fraction of sp³-hybridized carbons (Fsp3) is 0.409. The summed E-state index contributed by atoms with van der Waals surface area (Å²) < 4.78 is 79.9. The molecular weight excluding hydrogens is 480 g/mol. The van der Waals surface area contributed by atoms with Crippen molar-refractivity contribution in [1.29, 1.82) is 0 Å². The number of aryl methyl sites for hydroxylation is 1. The average molecular weight is 501 g/mol. The maximum Gasteiger partial charge on any atom is 0.433 e. The third-order valence-corrected chi connectivity index (χ3v) is 6.12. The number of urea groups is 1. The molecule has 1 aliphatic carbocycles. The molecule has 1 aliphatic heterocycles. The van der Waals surface area contributed by atoms with Gasteiger partial charge in [-0.05, 0) is 61.9 Å². The number of alkyl halides is 6. The van der Waals surface area contributed by atoms with Crippen molar-refractivity contribution < 1.29 is 35.9 Å². The van der Waals surface area contributed by atoms with E-state index in [0.717, 1.165) is 5.56 Å². The summed E-state index contributed by atoms with van der Waals surface area (Å²) in [5.41, 5.74) is 2.54. The van der Waals surface area contributed by atoms with Crippen LogP contribution in [0.15, 0.2) is 36.4 Å². The molecule has 4 rings (SSSR count). The van der Waals surface area contributed by atoms with Crippen LogP contribution in [0.4, 0.5) is 42.6 Å². The number of rotatable bonds is 3. The van der Waals surface area contributed by atoms with Gasteiger partial charge in [-0.3, -0.25) is 10.2 Å². The van der Waals surface area contributed by atoms with Gasteiger partial charge in [0.25, 0.3) is 5.91 Å². The largest absolute Gasteiger partial charge is 0.433 e. The monoisotopic (exact) mass is 501 g/mol. The van der Waals surface area contributed by atoms with Crippen LogP contribution < -0.4 is 21.1 Å². The van der Waals surface area contributed by atoms with E-state index in [0.29, 0.717) is 31.0 Å². The normalized spacial score (nSPS) is 21.7. The van der Waals surface area contributed by atoms with Crippen molar-refractivity contribution in [2.75, 3.05) is 10.2 Å². The number of hydrogen-bond acceptors (Lipinski definition) is 4. The minimum atomic E-state index is -5.11. The van der Waals surface area contributed by atoms with Crippen LogP contribution >= 0.6 is 0 Å². The minimum Gasteiger partial charge on any atom is -0.341 e. The number of hydrogen-bond donors (Lipinski definition) is 3. The molecule has 7 nitrogen and oxygen atoms in total. The summed E-state index contributed by atoms with van der Waals surface area (Å²) in [4.78, 5) is 29.7. The van der Waals surface area contributed by atoms with Gasteiger partial charge in [-0.1, -0.05) is 12.1 Å². The highest BCUT2D eigenvalue weighted by Gasteiger charge is 2.51. The molecular formula is C22H21F6N5O2. The first-order valence-electron chi connectivity index (χ1n) is 10.7. The lowest BCUT2D eigenvalue weighted by Crippen LogP contribution is -2.55. The Labute approximate surface area is 195 Å². The molecule has 1 saturated heterocycles. The van der Waals surface area contributed by atoms with E-state index in [1.807, 2.05) is 13.0 Å². The van der Waals surface area contributed by atoms with E-state index in [1.165, 1.54) is 4.90 Å². The second-order valence-corrected chi connectivity index (χ2v) is 8.61. The Morgan fingerprint density at radius 3 is 2.40 bits per heavy atom. The summed E-state index contributed by atoms with van der Waals surface area (Å²) in [6.45, 7) is 1.82. The molecule has 1 aromatic heterocycles. The van der Waals surface area contributed by atoms with Crippen LogP contribution in [-0.4, -0.2) is 29.0 Å². The number of benzene rings is 1. The SMILES string of the molecule is Cc1cccc(NC(=O)NNC(=O)[C@@H]2[C@H]3CC[C@H](C3)N2c2cc(C(F)(F)F)cc(C(F)(F)F)n2)c1. The van der Waals surface area contributed by atoms with Gasteiger partial charge >= 0.3 is 18.4 Å². The van der Waals surface area contributed by atoms with Gasteiger partial charge < -0.3 is 10.2 Å². The van der Waals surface area contributed by atoms with Gasteiger partial charge in [0.05, 0.1) is 5.56 Å². The van der Waals surface area contributed by atoms with Gasteiger partial charge in [-0.15, -0.1) is 0 Å². The fourth-order valence-corrected chi connectivity index (χ4v) is 4.69. The van der Waals surface area contributed by atoms with Crippen LogP contribution in [0, 0.1) is 12.8 Å². The van der Waals surface area contributed by atoms with E-state index >= 15 is 0 Å². The molecule has 2 bridgehead atoms. The Kier molecular flexibility index (Phi) is 6.28. The predicted molar refractivity (Wildman–Crippen MR) is 113 cm³/mol. The molecule has 0 spiro atoms. The second kappa shape index (κ2) is 8.93. The number of aromatic nitrogens is 1. The van der Waals surface area contributed by atoms with Gasteiger partial charge in [0.15, 0.2) is 0 Å². The van der Waals surface area contributed by atoms with Crippen LogP contribution in [0.25, 0.3) is 0 Å². The van der Waals surface area contributed by atoms with Crippen LogP contribution in [-0.2, 0) is 17.1 Å². The molecule has 2 fully saturated rings. The number of halogens is 6. The Balaban J connectivity index is 1.55. The van der Waals surface area contributed by atoms with Gasteiger partial charge in [-0.2, -0.15) is 26.3 Å². The molecule has 1 aromatic carbocycles. The lowest BCUT2D eigenvalue weighted by atomic mass is 9.98. The molecule has 3 amide bonds. The number of piperidine rings is 1. The van der Waals surface area contributed by atoms with Crippen LogP contribution in [0.2, 0.25) is 0 Å². The van der Waals surface area contributed by atoms with Crippen molar-refractivity contribution in [3.63, 3.8) is 0 Å². The first kappa shape index (κ1) is 24.6. The molecule has 2 aromatic rings. The molecule has 3 atom stereocenters. The molecule has 188 valence electrons. The lowest BCUT2D eigenvalue weighted by molar-refractivity contribution is -0.145. The number of nitrogens with one attached hydrogen (secondary N) is 3. The highest BCUT2D eigenvalue weighted by Crippen LogP contribution is 2.46. The van der Waals surface area contributed by atoms with Crippen LogP contribution in [0.5, 0.6) is 0 Å². The highest BCUT2D eigenvalue weighted by molar-refractivity contribution is 5.93. The number of fused-ring (bicyclic) bond motifs is 2. The topological polar surface area (TPSA) is 86.4 Å². The van der Waals surface area contributed by atoms with E-state index in [1.54, 1.807) is 18.2 Å². The Hall–Kier alpha value is -3.51. The minimum absolute atomic E-state index is 0.0515. The van der Waals surface area contributed by atoms with Crippen molar-refractivity contribution in [1.82, 2.24) is 15.8 Å².